The third-order valence-electron chi connectivity index (χ3n) is 3.94. The molecule has 1 aromatic carbocycles. The summed E-state index contributed by atoms with van der Waals surface area (Å²) in [5.41, 5.74) is 1.53. The summed E-state index contributed by atoms with van der Waals surface area (Å²) in [5.74, 6) is -1.30. The summed E-state index contributed by atoms with van der Waals surface area (Å²) in [6, 6.07) is 9.15. The number of aryl methyl sites for hydroxylation is 1. The first-order valence-corrected chi connectivity index (χ1v) is 8.85. The normalized spacial score (nSPS) is 14.0. The van der Waals surface area contributed by atoms with Crippen molar-refractivity contribution in [3.05, 3.63) is 46.5 Å². The smallest absolute Gasteiger partial charge is 0.326 e. The van der Waals surface area contributed by atoms with Crippen LogP contribution >= 0.6 is 11.3 Å². The molecule has 0 radical (unpaired) electrons. The second-order valence-corrected chi connectivity index (χ2v) is 6.81. The molecule has 0 bridgehead atoms. The number of hydrogen-bond acceptors (Lipinski definition) is 5. The van der Waals surface area contributed by atoms with Gasteiger partial charge in [0.25, 0.3) is 5.91 Å². The average Bonchev–Trinajstić information content (AvgIpc) is 3.16. The number of urea groups is 1. The highest BCUT2D eigenvalue weighted by Crippen LogP contribution is 2.28. The number of thiazole rings is 1. The molecule has 1 fully saturated rings. The summed E-state index contributed by atoms with van der Waals surface area (Å²) in [4.78, 5) is 42.9. The molecule has 0 saturated carbocycles. The first kappa shape index (κ1) is 17.9. The number of nitrogens with one attached hydrogen (secondary N) is 1. The van der Waals surface area contributed by atoms with Crippen molar-refractivity contribution < 1.29 is 19.5 Å². The minimum atomic E-state index is -1.06. The molecule has 1 saturated heterocycles. The lowest BCUT2D eigenvalue weighted by atomic mass is 10.2. The number of benzene rings is 1. The highest BCUT2D eigenvalue weighted by molar-refractivity contribution is 7.17. The molecule has 9 heteroatoms. The minimum absolute atomic E-state index is 0.246. The summed E-state index contributed by atoms with van der Waals surface area (Å²) >= 11 is 1.13. The molecule has 8 nitrogen and oxygen atoms in total. The van der Waals surface area contributed by atoms with Gasteiger partial charge in [-0.25, -0.2) is 9.78 Å². The fourth-order valence-electron chi connectivity index (χ4n) is 2.64. The molecular formula is C17H18N4O4S. The first-order chi connectivity index (χ1) is 12.5. The van der Waals surface area contributed by atoms with Crippen LogP contribution in [0.2, 0.25) is 0 Å². The number of rotatable bonds is 6. The Hall–Kier alpha value is -2.94. The van der Waals surface area contributed by atoms with E-state index in [0.29, 0.717) is 35.3 Å². The Balaban J connectivity index is 1.68. The van der Waals surface area contributed by atoms with Crippen LogP contribution in [-0.2, 0) is 11.3 Å². The van der Waals surface area contributed by atoms with E-state index in [-0.39, 0.29) is 12.5 Å². The van der Waals surface area contributed by atoms with E-state index < -0.39 is 12.0 Å². The predicted octanol–water partition coefficient (Wildman–Crippen LogP) is 1.71. The quantitative estimate of drug-likeness (QED) is 0.801. The third-order valence-corrected chi connectivity index (χ3v) is 5.12. The molecular weight excluding hydrogens is 356 g/mol. The van der Waals surface area contributed by atoms with Gasteiger partial charge in [-0.1, -0.05) is 41.7 Å². The number of nitrogens with zero attached hydrogens (tertiary/aromatic N) is 3. The molecule has 1 aromatic heterocycles. The fourth-order valence-corrected chi connectivity index (χ4v) is 3.64. The molecule has 26 heavy (non-hydrogen) atoms. The van der Waals surface area contributed by atoms with E-state index >= 15 is 0 Å². The topological polar surface area (TPSA) is 103 Å². The van der Waals surface area contributed by atoms with Crippen molar-refractivity contribution >= 4 is 34.4 Å². The van der Waals surface area contributed by atoms with Gasteiger partial charge in [-0.15, -0.1) is 0 Å². The van der Waals surface area contributed by atoms with Crippen LogP contribution in [0.1, 0.15) is 20.9 Å². The molecule has 136 valence electrons. The van der Waals surface area contributed by atoms with Gasteiger partial charge in [0.05, 0.1) is 5.69 Å². The molecule has 0 unspecified atom stereocenters. The van der Waals surface area contributed by atoms with Gasteiger partial charge in [0.2, 0.25) is 0 Å². The summed E-state index contributed by atoms with van der Waals surface area (Å²) in [6.07, 6.45) is 0. The average molecular weight is 374 g/mol. The number of aromatic nitrogens is 1. The lowest BCUT2D eigenvalue weighted by Gasteiger charge is -2.14. The zero-order valence-electron chi connectivity index (χ0n) is 14.1. The summed E-state index contributed by atoms with van der Waals surface area (Å²) in [7, 11) is 0. The van der Waals surface area contributed by atoms with Crippen LogP contribution in [0.5, 0.6) is 0 Å². The second-order valence-electron chi connectivity index (χ2n) is 5.83. The van der Waals surface area contributed by atoms with Crippen LogP contribution in [-0.4, -0.2) is 52.5 Å². The monoisotopic (exact) mass is 374 g/mol. The van der Waals surface area contributed by atoms with E-state index in [9.17, 15) is 14.4 Å². The number of hydrogen-bond donors (Lipinski definition) is 2. The molecule has 0 spiro atoms. The largest absolute Gasteiger partial charge is 0.480 e. The molecule has 1 aliphatic rings. The Kier molecular flexibility index (Phi) is 5.17. The molecule has 2 aromatic rings. The Labute approximate surface area is 154 Å². The van der Waals surface area contributed by atoms with Crippen LogP contribution in [0.15, 0.2) is 30.3 Å². The lowest BCUT2D eigenvalue weighted by molar-refractivity contribution is -0.137. The number of anilines is 1. The van der Waals surface area contributed by atoms with Crippen LogP contribution in [0.3, 0.4) is 0 Å². The maximum atomic E-state index is 12.4. The Morgan fingerprint density at radius 1 is 1.27 bits per heavy atom. The van der Waals surface area contributed by atoms with Gasteiger partial charge < -0.3 is 15.3 Å². The van der Waals surface area contributed by atoms with Crippen molar-refractivity contribution in [2.24, 2.45) is 0 Å². The number of carbonyl (C=O) groups is 3. The van der Waals surface area contributed by atoms with E-state index in [2.05, 4.69) is 10.3 Å². The molecule has 2 heterocycles. The SMILES string of the molecule is Cc1nc(N2CCN(CC(=O)O)C2=O)sc1C(=O)NCc1ccccc1. The van der Waals surface area contributed by atoms with Crippen LogP contribution < -0.4 is 10.2 Å². The van der Waals surface area contributed by atoms with Crippen molar-refractivity contribution in [3.8, 4) is 0 Å². The van der Waals surface area contributed by atoms with Crippen LogP contribution in [0.25, 0.3) is 0 Å². The highest BCUT2D eigenvalue weighted by Gasteiger charge is 2.33. The van der Waals surface area contributed by atoms with Gasteiger partial charge in [-0.3, -0.25) is 14.5 Å². The van der Waals surface area contributed by atoms with E-state index in [1.807, 2.05) is 30.3 Å². The molecule has 0 atom stereocenters. The minimum Gasteiger partial charge on any atom is -0.480 e. The van der Waals surface area contributed by atoms with E-state index in [1.54, 1.807) is 6.92 Å². The van der Waals surface area contributed by atoms with E-state index in [0.717, 1.165) is 16.9 Å². The number of amides is 3. The highest BCUT2D eigenvalue weighted by atomic mass is 32.1. The van der Waals surface area contributed by atoms with Crippen LogP contribution in [0, 0.1) is 6.92 Å². The molecule has 2 N–H and O–H groups in total. The van der Waals surface area contributed by atoms with Gasteiger partial charge in [0.15, 0.2) is 5.13 Å². The predicted molar refractivity (Wildman–Crippen MR) is 96.4 cm³/mol. The van der Waals surface area contributed by atoms with Crippen molar-refractivity contribution in [1.82, 2.24) is 15.2 Å². The van der Waals surface area contributed by atoms with Crippen LogP contribution in [0.4, 0.5) is 9.93 Å². The Bertz CT molecular complexity index is 837. The molecule has 3 amide bonds. The number of aliphatic carboxylic acids is 1. The van der Waals surface area contributed by atoms with Gasteiger partial charge in [0, 0.05) is 19.6 Å². The van der Waals surface area contributed by atoms with E-state index in [1.165, 1.54) is 9.80 Å². The molecule has 3 rings (SSSR count). The molecule has 0 aliphatic carbocycles. The summed E-state index contributed by atoms with van der Waals surface area (Å²) in [6.45, 7) is 2.45. The van der Waals surface area contributed by atoms with Gasteiger partial charge >= 0.3 is 12.0 Å². The Morgan fingerprint density at radius 3 is 2.69 bits per heavy atom. The van der Waals surface area contributed by atoms with Gasteiger partial charge in [-0.2, -0.15) is 0 Å². The van der Waals surface area contributed by atoms with Crippen molar-refractivity contribution in [1.29, 1.82) is 0 Å². The van der Waals surface area contributed by atoms with Gasteiger partial charge in [-0.05, 0) is 12.5 Å². The third kappa shape index (κ3) is 3.83. The zero-order chi connectivity index (χ0) is 18.7. The lowest BCUT2D eigenvalue weighted by Crippen LogP contribution is -2.35. The number of carboxylic acid groups (broad SMARTS) is 1. The molecule has 1 aliphatic heterocycles. The fraction of sp³-hybridized carbons (Fsp3) is 0.294. The van der Waals surface area contributed by atoms with Gasteiger partial charge in [0.1, 0.15) is 11.4 Å². The van der Waals surface area contributed by atoms with Crippen molar-refractivity contribution in [2.45, 2.75) is 13.5 Å². The van der Waals surface area contributed by atoms with Crippen molar-refractivity contribution in [3.63, 3.8) is 0 Å². The standard InChI is InChI=1S/C17H18N4O4S/c1-11-14(15(24)18-9-12-5-3-2-4-6-12)26-16(19-11)21-8-7-20(17(21)25)10-13(22)23/h2-6H,7-10H2,1H3,(H,18,24)(H,22,23). The first-order valence-electron chi connectivity index (χ1n) is 8.03. The van der Waals surface area contributed by atoms with Crippen molar-refractivity contribution in [2.75, 3.05) is 24.5 Å². The maximum absolute atomic E-state index is 12.4. The maximum Gasteiger partial charge on any atom is 0.326 e. The van der Waals surface area contributed by atoms with E-state index in [4.69, 9.17) is 5.11 Å². The number of carbonyl (C=O) groups excluding carboxylic acids is 2. The number of carboxylic acids is 1. The summed E-state index contributed by atoms with van der Waals surface area (Å²) in [5, 5.41) is 12.1. The Morgan fingerprint density at radius 2 is 2.00 bits per heavy atom. The zero-order valence-corrected chi connectivity index (χ0v) is 15.0. The second kappa shape index (κ2) is 7.52. The summed E-state index contributed by atoms with van der Waals surface area (Å²) < 4.78 is 0.